The first-order valence-corrected chi connectivity index (χ1v) is 5.60. The fourth-order valence-corrected chi connectivity index (χ4v) is 1.95. The highest BCUT2D eigenvalue weighted by Gasteiger charge is 2.38. The molecule has 2 aromatic carbocycles. The molecule has 0 aromatic heterocycles. The normalized spacial score (nSPS) is 11.6. The largest absolute Gasteiger partial charge is 0.421 e. The van der Waals surface area contributed by atoms with Gasteiger partial charge in [-0.2, -0.15) is 13.2 Å². The van der Waals surface area contributed by atoms with Gasteiger partial charge < -0.3 is 5.73 Å². The van der Waals surface area contributed by atoms with Crippen LogP contribution in [0, 0.1) is 5.82 Å². The lowest BCUT2D eigenvalue weighted by molar-refractivity contribution is -0.139. The van der Waals surface area contributed by atoms with Gasteiger partial charge in [0.1, 0.15) is 11.4 Å². The molecule has 0 aliphatic carbocycles. The summed E-state index contributed by atoms with van der Waals surface area (Å²) in [5, 5.41) is -0.326. The fraction of sp³-hybridized carbons (Fsp3) is 0.0769. The maximum atomic E-state index is 14.0. The quantitative estimate of drug-likeness (QED) is 0.595. The van der Waals surface area contributed by atoms with Crippen molar-refractivity contribution in [1.29, 1.82) is 0 Å². The molecule has 0 bridgehead atoms. The number of anilines is 1. The molecule has 19 heavy (non-hydrogen) atoms. The maximum Gasteiger partial charge on any atom is 0.421 e. The zero-order valence-electron chi connectivity index (χ0n) is 9.43. The monoisotopic (exact) mass is 289 g/mol. The molecule has 2 N–H and O–H groups in total. The number of rotatable bonds is 1. The van der Waals surface area contributed by atoms with Crippen LogP contribution in [-0.4, -0.2) is 0 Å². The van der Waals surface area contributed by atoms with Crippen LogP contribution in [-0.2, 0) is 6.18 Å². The van der Waals surface area contributed by atoms with Crippen molar-refractivity contribution in [2.24, 2.45) is 0 Å². The Morgan fingerprint density at radius 3 is 2.16 bits per heavy atom. The van der Waals surface area contributed by atoms with Crippen LogP contribution in [0.3, 0.4) is 0 Å². The SMILES string of the molecule is Nc1c(Cl)cc(-c2ccccc2)c(F)c1C(F)(F)F. The summed E-state index contributed by atoms with van der Waals surface area (Å²) in [6.07, 6.45) is -4.90. The molecule has 2 aromatic rings. The number of nitrogen functional groups attached to an aromatic ring is 1. The third-order valence-corrected chi connectivity index (χ3v) is 2.93. The van der Waals surface area contributed by atoms with Crippen LogP contribution in [0.5, 0.6) is 0 Å². The van der Waals surface area contributed by atoms with E-state index in [2.05, 4.69) is 0 Å². The van der Waals surface area contributed by atoms with Crippen LogP contribution in [0.25, 0.3) is 11.1 Å². The predicted molar refractivity (Wildman–Crippen MR) is 66.3 cm³/mol. The molecule has 0 heterocycles. The molecular weight excluding hydrogens is 282 g/mol. The first kappa shape index (κ1) is 13.7. The maximum absolute atomic E-state index is 14.0. The second-order valence-electron chi connectivity index (χ2n) is 3.87. The van der Waals surface area contributed by atoms with Gasteiger partial charge in [0, 0.05) is 5.56 Å². The van der Waals surface area contributed by atoms with Crippen LogP contribution in [0.1, 0.15) is 5.56 Å². The summed E-state index contributed by atoms with van der Waals surface area (Å²) in [6, 6.07) is 8.93. The molecule has 0 fully saturated rings. The van der Waals surface area contributed by atoms with E-state index in [-0.39, 0.29) is 10.6 Å². The Hall–Kier alpha value is -1.75. The Labute approximate surface area is 111 Å². The Balaban J connectivity index is 2.76. The first-order chi connectivity index (χ1) is 8.82. The van der Waals surface area contributed by atoms with E-state index in [0.29, 0.717) is 5.56 Å². The van der Waals surface area contributed by atoms with Gasteiger partial charge in [-0.15, -0.1) is 0 Å². The summed E-state index contributed by atoms with van der Waals surface area (Å²) in [4.78, 5) is 0. The van der Waals surface area contributed by atoms with E-state index >= 15 is 0 Å². The van der Waals surface area contributed by atoms with Gasteiger partial charge in [-0.05, 0) is 11.6 Å². The van der Waals surface area contributed by atoms with Gasteiger partial charge in [-0.3, -0.25) is 0 Å². The second-order valence-corrected chi connectivity index (χ2v) is 4.28. The van der Waals surface area contributed by atoms with Crippen LogP contribution >= 0.6 is 11.6 Å². The zero-order valence-corrected chi connectivity index (χ0v) is 10.2. The van der Waals surface area contributed by atoms with Crippen LogP contribution in [0.15, 0.2) is 36.4 Å². The highest BCUT2D eigenvalue weighted by molar-refractivity contribution is 6.33. The van der Waals surface area contributed by atoms with Crippen molar-refractivity contribution in [2.45, 2.75) is 6.18 Å². The number of halogens is 5. The average Bonchev–Trinajstić information content (AvgIpc) is 2.33. The average molecular weight is 290 g/mol. The van der Waals surface area contributed by atoms with Gasteiger partial charge in [-0.1, -0.05) is 41.9 Å². The summed E-state index contributed by atoms with van der Waals surface area (Å²) >= 11 is 5.66. The molecule has 0 unspecified atom stereocenters. The Kier molecular flexibility index (Phi) is 3.41. The van der Waals surface area contributed by atoms with Crippen LogP contribution < -0.4 is 5.73 Å². The topological polar surface area (TPSA) is 26.0 Å². The molecule has 0 saturated carbocycles. The molecule has 6 heteroatoms. The number of hydrogen-bond donors (Lipinski definition) is 1. The molecule has 0 amide bonds. The molecule has 2 rings (SSSR count). The van der Waals surface area contributed by atoms with E-state index in [1.807, 2.05) is 0 Å². The molecular formula is C13H8ClF4N. The molecule has 0 atom stereocenters. The first-order valence-electron chi connectivity index (χ1n) is 5.22. The van der Waals surface area contributed by atoms with E-state index in [1.54, 1.807) is 18.2 Å². The molecule has 0 aliphatic heterocycles. The molecule has 1 nitrogen and oxygen atoms in total. The Bertz CT molecular complexity index is 608. The number of hydrogen-bond acceptors (Lipinski definition) is 1. The number of nitrogens with two attached hydrogens (primary N) is 1. The summed E-state index contributed by atoms with van der Waals surface area (Å²) in [5.41, 5.74) is 2.97. The molecule has 100 valence electrons. The summed E-state index contributed by atoms with van der Waals surface area (Å²) in [7, 11) is 0. The lowest BCUT2D eigenvalue weighted by Crippen LogP contribution is -2.13. The molecule has 0 spiro atoms. The zero-order chi connectivity index (χ0) is 14.2. The number of benzene rings is 2. The fourth-order valence-electron chi connectivity index (χ4n) is 1.75. The van der Waals surface area contributed by atoms with Gasteiger partial charge in [0.15, 0.2) is 0 Å². The van der Waals surface area contributed by atoms with Crippen molar-refractivity contribution in [3.05, 3.63) is 52.8 Å². The van der Waals surface area contributed by atoms with Crippen molar-refractivity contribution in [2.75, 3.05) is 5.73 Å². The predicted octanol–water partition coefficient (Wildman–Crippen LogP) is 4.75. The summed E-state index contributed by atoms with van der Waals surface area (Å²) < 4.78 is 52.5. The lowest BCUT2D eigenvalue weighted by atomic mass is 10.0. The highest BCUT2D eigenvalue weighted by Crippen LogP contribution is 2.42. The van der Waals surface area contributed by atoms with Gasteiger partial charge in [-0.25, -0.2) is 4.39 Å². The number of alkyl halides is 3. The van der Waals surface area contributed by atoms with E-state index < -0.39 is 23.2 Å². The van der Waals surface area contributed by atoms with Crippen LogP contribution in [0.2, 0.25) is 5.02 Å². The van der Waals surface area contributed by atoms with Gasteiger partial charge in [0.05, 0.1) is 10.7 Å². The Morgan fingerprint density at radius 2 is 1.63 bits per heavy atom. The minimum absolute atomic E-state index is 0.230. The molecule has 0 aliphatic rings. The Morgan fingerprint density at radius 1 is 1.05 bits per heavy atom. The minimum atomic E-state index is -4.90. The van der Waals surface area contributed by atoms with E-state index in [0.717, 1.165) is 6.07 Å². The third kappa shape index (κ3) is 2.51. The van der Waals surface area contributed by atoms with Crippen molar-refractivity contribution in [3.8, 4) is 11.1 Å². The van der Waals surface area contributed by atoms with Gasteiger partial charge in [0.2, 0.25) is 0 Å². The molecule has 0 radical (unpaired) electrons. The third-order valence-electron chi connectivity index (χ3n) is 2.62. The highest BCUT2D eigenvalue weighted by atomic mass is 35.5. The standard InChI is InChI=1S/C13H8ClF4N/c14-9-6-8(7-4-2-1-3-5-7)11(15)10(12(9)19)13(16,17)18/h1-6H,19H2. The van der Waals surface area contributed by atoms with Crippen molar-refractivity contribution in [3.63, 3.8) is 0 Å². The van der Waals surface area contributed by atoms with Gasteiger partial charge in [0.25, 0.3) is 0 Å². The smallest absolute Gasteiger partial charge is 0.397 e. The van der Waals surface area contributed by atoms with Gasteiger partial charge >= 0.3 is 6.18 Å². The van der Waals surface area contributed by atoms with Crippen molar-refractivity contribution in [1.82, 2.24) is 0 Å². The van der Waals surface area contributed by atoms with E-state index in [4.69, 9.17) is 17.3 Å². The van der Waals surface area contributed by atoms with Crippen molar-refractivity contribution < 1.29 is 17.6 Å². The minimum Gasteiger partial charge on any atom is -0.397 e. The summed E-state index contributed by atoms with van der Waals surface area (Å²) in [5.74, 6) is -1.42. The second kappa shape index (κ2) is 4.74. The van der Waals surface area contributed by atoms with Crippen LogP contribution in [0.4, 0.5) is 23.2 Å². The van der Waals surface area contributed by atoms with E-state index in [1.165, 1.54) is 12.1 Å². The lowest BCUT2D eigenvalue weighted by Gasteiger charge is -2.15. The summed E-state index contributed by atoms with van der Waals surface area (Å²) in [6.45, 7) is 0. The van der Waals surface area contributed by atoms with Crippen molar-refractivity contribution >= 4 is 17.3 Å². The van der Waals surface area contributed by atoms with E-state index in [9.17, 15) is 17.6 Å². The molecule has 0 saturated heterocycles.